The van der Waals surface area contributed by atoms with E-state index in [1.54, 1.807) is 11.4 Å². The third-order valence-corrected chi connectivity index (χ3v) is 3.62. The fourth-order valence-corrected chi connectivity index (χ4v) is 2.51. The number of halogens is 2. The Balaban J connectivity index is 0.00000242. The molecule has 1 atom stereocenters. The van der Waals surface area contributed by atoms with Crippen molar-refractivity contribution in [3.63, 3.8) is 0 Å². The van der Waals surface area contributed by atoms with Crippen LogP contribution < -0.4 is 40.4 Å². The average Bonchev–Trinajstić information content (AvgIpc) is 2.94. The summed E-state index contributed by atoms with van der Waals surface area (Å²) in [6, 6.07) is 3.84. The molecule has 22 heavy (non-hydrogen) atoms. The molecule has 0 saturated carbocycles. The summed E-state index contributed by atoms with van der Waals surface area (Å²) in [6.07, 6.45) is 1.52. The second-order valence-electron chi connectivity index (χ2n) is 4.42. The minimum absolute atomic E-state index is 0. The van der Waals surface area contributed by atoms with Crippen LogP contribution in [0.1, 0.15) is 17.5 Å². The molecule has 0 radical (unpaired) electrons. The van der Waals surface area contributed by atoms with Crippen LogP contribution in [0.3, 0.4) is 0 Å². The van der Waals surface area contributed by atoms with Gasteiger partial charge in [0.05, 0.1) is 5.97 Å². The summed E-state index contributed by atoms with van der Waals surface area (Å²) in [7, 11) is 0. The van der Waals surface area contributed by atoms with Crippen molar-refractivity contribution in [3.05, 3.63) is 63.9 Å². The number of benzene rings is 1. The van der Waals surface area contributed by atoms with E-state index in [0.717, 1.165) is 17.7 Å². The molecule has 7 heteroatoms. The molecule has 0 aliphatic rings. The zero-order valence-corrected chi connectivity index (χ0v) is 14.7. The fraction of sp³-hybridized carbons (Fsp3) is 0.133. The van der Waals surface area contributed by atoms with Crippen LogP contribution in [0.4, 0.5) is 8.78 Å². The predicted molar refractivity (Wildman–Crippen MR) is 75.4 cm³/mol. The molecule has 1 unspecified atom stereocenters. The van der Waals surface area contributed by atoms with Gasteiger partial charge in [-0.25, -0.2) is 8.78 Å². The van der Waals surface area contributed by atoms with E-state index < -0.39 is 23.6 Å². The zero-order chi connectivity index (χ0) is 15.4. The van der Waals surface area contributed by atoms with E-state index in [-0.39, 0.29) is 41.5 Å². The number of hydrogen-bond donors (Lipinski definition) is 1. The number of carboxylic acids is 1. The van der Waals surface area contributed by atoms with Gasteiger partial charge >= 0.3 is 29.6 Å². The molecule has 2 N–H and O–H groups in total. The van der Waals surface area contributed by atoms with Crippen LogP contribution in [0.5, 0.6) is 0 Å². The molecule has 110 valence electrons. The summed E-state index contributed by atoms with van der Waals surface area (Å²) in [4.78, 5) is 10.7. The molecule has 1 heterocycles. The molecule has 3 nitrogen and oxygen atoms in total. The second kappa shape index (κ2) is 8.55. The van der Waals surface area contributed by atoms with Crippen molar-refractivity contribution in [1.82, 2.24) is 0 Å². The number of thiophene rings is 1. The zero-order valence-electron chi connectivity index (χ0n) is 11.9. The summed E-state index contributed by atoms with van der Waals surface area (Å²) in [5.74, 6) is -2.77. The van der Waals surface area contributed by atoms with E-state index >= 15 is 0 Å². The molecule has 0 amide bonds. The van der Waals surface area contributed by atoms with Gasteiger partial charge in [0.25, 0.3) is 0 Å². The molecule has 0 spiro atoms. The molecule has 0 aliphatic carbocycles. The number of carbonyl (C=O) groups is 1. The second-order valence-corrected chi connectivity index (χ2v) is 5.20. The molecule has 2 rings (SSSR count). The molecule has 1 aromatic carbocycles. The molecule has 0 saturated heterocycles. The van der Waals surface area contributed by atoms with Gasteiger partial charge in [-0.2, -0.15) is 11.3 Å². The van der Waals surface area contributed by atoms with Crippen LogP contribution in [0, 0.1) is 11.6 Å². The van der Waals surface area contributed by atoms with E-state index in [1.807, 2.05) is 5.38 Å². The van der Waals surface area contributed by atoms with E-state index in [0.29, 0.717) is 5.57 Å². The summed E-state index contributed by atoms with van der Waals surface area (Å²) in [5.41, 5.74) is 6.79. The Hall–Kier alpha value is -1.05. The average molecular weight is 331 g/mol. The van der Waals surface area contributed by atoms with Gasteiger partial charge in [0.1, 0.15) is 11.6 Å². The van der Waals surface area contributed by atoms with E-state index in [2.05, 4.69) is 0 Å². The van der Waals surface area contributed by atoms with E-state index in [9.17, 15) is 18.7 Å². The summed E-state index contributed by atoms with van der Waals surface area (Å²) < 4.78 is 26.9. The summed E-state index contributed by atoms with van der Waals surface area (Å²) >= 11 is 1.41. The molecule has 1 aromatic heterocycles. The molecule has 2 aromatic rings. The first kappa shape index (κ1) is 19.0. The SMILES string of the molecule is NC(CC=C(c1ccsc1)c1ccc(F)cc1F)C(=O)[O-].[Na+]. The minimum Gasteiger partial charge on any atom is -0.548 e. The van der Waals surface area contributed by atoms with Gasteiger partial charge in [0.2, 0.25) is 0 Å². The van der Waals surface area contributed by atoms with Gasteiger partial charge < -0.3 is 15.6 Å². The number of rotatable bonds is 5. The Bertz CT molecular complexity index is 674. The fourth-order valence-electron chi connectivity index (χ4n) is 1.85. The number of carboxylic acid groups (broad SMARTS) is 1. The molecular formula is C15H12F2NNaO2S. The third kappa shape index (κ3) is 4.72. The maximum absolute atomic E-state index is 13.9. The van der Waals surface area contributed by atoms with Gasteiger partial charge in [-0.3, -0.25) is 0 Å². The van der Waals surface area contributed by atoms with Gasteiger partial charge in [-0.05, 0) is 46.5 Å². The van der Waals surface area contributed by atoms with E-state index in [1.165, 1.54) is 23.5 Å². The van der Waals surface area contributed by atoms with Gasteiger partial charge in [0, 0.05) is 17.7 Å². The Morgan fingerprint density at radius 3 is 2.64 bits per heavy atom. The van der Waals surface area contributed by atoms with Crippen LogP contribution in [0.2, 0.25) is 0 Å². The summed E-state index contributed by atoms with van der Waals surface area (Å²) in [6.45, 7) is 0. The van der Waals surface area contributed by atoms with Crippen LogP contribution >= 0.6 is 11.3 Å². The molecule has 0 fully saturated rings. The smallest absolute Gasteiger partial charge is 0.548 e. The van der Waals surface area contributed by atoms with Crippen molar-refractivity contribution < 1.29 is 48.2 Å². The molecule has 0 aliphatic heterocycles. The van der Waals surface area contributed by atoms with Gasteiger partial charge in [0.15, 0.2) is 0 Å². The quantitative estimate of drug-likeness (QED) is 0.710. The summed E-state index contributed by atoms with van der Waals surface area (Å²) in [5, 5.41) is 14.3. The monoisotopic (exact) mass is 331 g/mol. The molecule has 0 bridgehead atoms. The Labute approximate surface area is 152 Å². The normalized spacial score (nSPS) is 12.6. The van der Waals surface area contributed by atoms with Gasteiger partial charge in [-0.15, -0.1) is 0 Å². The van der Waals surface area contributed by atoms with Crippen molar-refractivity contribution >= 4 is 22.9 Å². The largest absolute Gasteiger partial charge is 1.00 e. The maximum atomic E-state index is 13.9. The van der Waals surface area contributed by atoms with Crippen molar-refractivity contribution in [2.24, 2.45) is 5.73 Å². The first-order chi connectivity index (χ1) is 9.99. The molecular weight excluding hydrogens is 319 g/mol. The van der Waals surface area contributed by atoms with Crippen LogP contribution in [-0.4, -0.2) is 12.0 Å². The van der Waals surface area contributed by atoms with Crippen LogP contribution in [0.25, 0.3) is 5.57 Å². The van der Waals surface area contributed by atoms with Crippen molar-refractivity contribution in [2.75, 3.05) is 0 Å². The van der Waals surface area contributed by atoms with Crippen LogP contribution in [0.15, 0.2) is 41.1 Å². The number of carbonyl (C=O) groups excluding carboxylic acids is 1. The Morgan fingerprint density at radius 2 is 2.09 bits per heavy atom. The number of hydrogen-bond acceptors (Lipinski definition) is 4. The Kier molecular flexibility index (Phi) is 7.38. The first-order valence-electron chi connectivity index (χ1n) is 6.13. The first-order valence-corrected chi connectivity index (χ1v) is 7.08. The topological polar surface area (TPSA) is 66.2 Å². The standard InChI is InChI=1S/C15H13F2NO2S.Na/c16-10-1-2-12(13(17)7-10)11(9-5-6-21-8-9)3-4-14(18)15(19)20;/h1-3,5-8,14H,4,18H2,(H,19,20);/q;+1/p-1. The van der Waals surface area contributed by atoms with Gasteiger partial charge in [-0.1, -0.05) is 6.08 Å². The van der Waals surface area contributed by atoms with Crippen molar-refractivity contribution in [1.29, 1.82) is 0 Å². The number of nitrogens with two attached hydrogens (primary N) is 1. The van der Waals surface area contributed by atoms with E-state index in [4.69, 9.17) is 5.73 Å². The maximum Gasteiger partial charge on any atom is 1.00 e. The Morgan fingerprint density at radius 1 is 1.36 bits per heavy atom. The van der Waals surface area contributed by atoms with Crippen molar-refractivity contribution in [2.45, 2.75) is 12.5 Å². The van der Waals surface area contributed by atoms with Crippen molar-refractivity contribution in [3.8, 4) is 0 Å². The number of aliphatic carboxylic acids is 1. The van der Waals surface area contributed by atoms with Crippen LogP contribution in [-0.2, 0) is 4.79 Å². The predicted octanol–water partition coefficient (Wildman–Crippen LogP) is -1.07. The third-order valence-electron chi connectivity index (χ3n) is 2.93. The minimum atomic E-state index is -1.38.